The van der Waals surface area contributed by atoms with Crippen LogP contribution in [0.25, 0.3) is 10.8 Å². The van der Waals surface area contributed by atoms with E-state index in [-0.39, 0.29) is 12.0 Å². The van der Waals surface area contributed by atoms with Gasteiger partial charge in [-0.15, -0.1) is 0 Å². The molecule has 1 aliphatic heterocycles. The standard InChI is InChI=1S/C24H30ClNO3/c1-16-2-7-20(8-3-16)29-22-9-6-18-5-4-17(14-21(18)23(22)25)15-26-12-10-19(11-13-26)24(27)28/h4-6,9,14,16,19-20H,2-3,7-8,10-13,15H2,1H3,(H,27,28). The summed E-state index contributed by atoms with van der Waals surface area (Å²) in [4.78, 5) is 13.5. The Morgan fingerprint density at radius 1 is 1.10 bits per heavy atom. The minimum absolute atomic E-state index is 0.195. The molecule has 0 radical (unpaired) electrons. The highest BCUT2D eigenvalue weighted by atomic mass is 35.5. The molecule has 156 valence electrons. The van der Waals surface area contributed by atoms with Gasteiger partial charge < -0.3 is 9.84 Å². The van der Waals surface area contributed by atoms with Crippen LogP contribution in [0.1, 0.15) is 51.0 Å². The molecule has 1 N–H and O–H groups in total. The summed E-state index contributed by atoms with van der Waals surface area (Å²) in [5, 5.41) is 12.0. The number of carbonyl (C=O) groups is 1. The number of carboxylic acid groups (broad SMARTS) is 1. The fourth-order valence-electron chi connectivity index (χ4n) is 4.62. The average Bonchev–Trinajstić information content (AvgIpc) is 2.72. The molecule has 0 aromatic heterocycles. The maximum Gasteiger partial charge on any atom is 0.306 e. The molecule has 0 unspecified atom stereocenters. The molecule has 0 amide bonds. The van der Waals surface area contributed by atoms with Crippen molar-refractivity contribution < 1.29 is 14.6 Å². The fraction of sp³-hybridized carbons (Fsp3) is 0.542. The van der Waals surface area contributed by atoms with E-state index in [4.69, 9.17) is 16.3 Å². The molecule has 5 heteroatoms. The first kappa shape index (κ1) is 20.5. The van der Waals surface area contributed by atoms with Crippen molar-refractivity contribution in [1.82, 2.24) is 4.90 Å². The number of piperidine rings is 1. The van der Waals surface area contributed by atoms with Gasteiger partial charge in [0.05, 0.1) is 17.0 Å². The second-order valence-electron chi connectivity index (χ2n) is 8.82. The smallest absolute Gasteiger partial charge is 0.306 e. The van der Waals surface area contributed by atoms with E-state index in [0.717, 1.165) is 67.8 Å². The summed E-state index contributed by atoms with van der Waals surface area (Å²) in [5.41, 5.74) is 1.21. The van der Waals surface area contributed by atoms with E-state index in [1.54, 1.807) is 0 Å². The Morgan fingerprint density at radius 2 is 1.79 bits per heavy atom. The summed E-state index contributed by atoms with van der Waals surface area (Å²) >= 11 is 6.75. The molecule has 1 heterocycles. The largest absolute Gasteiger partial charge is 0.489 e. The molecule has 4 nitrogen and oxygen atoms in total. The number of ether oxygens (including phenoxy) is 1. The number of hydrogen-bond acceptors (Lipinski definition) is 3. The quantitative estimate of drug-likeness (QED) is 0.675. The molecule has 4 rings (SSSR count). The van der Waals surface area contributed by atoms with Crippen molar-refractivity contribution in [2.24, 2.45) is 11.8 Å². The highest BCUT2D eigenvalue weighted by molar-refractivity contribution is 6.37. The maximum absolute atomic E-state index is 11.1. The van der Waals surface area contributed by atoms with Crippen LogP contribution in [0.4, 0.5) is 0 Å². The molecular formula is C24H30ClNO3. The minimum atomic E-state index is -0.665. The van der Waals surface area contributed by atoms with Crippen molar-refractivity contribution in [2.45, 2.75) is 58.1 Å². The van der Waals surface area contributed by atoms with Gasteiger partial charge in [-0.1, -0.05) is 36.7 Å². The van der Waals surface area contributed by atoms with Crippen molar-refractivity contribution in [2.75, 3.05) is 13.1 Å². The monoisotopic (exact) mass is 415 g/mol. The van der Waals surface area contributed by atoms with Crippen molar-refractivity contribution in [3.63, 3.8) is 0 Å². The third-order valence-corrected chi connectivity index (χ3v) is 6.97. The van der Waals surface area contributed by atoms with Gasteiger partial charge in [-0.2, -0.15) is 0 Å². The Balaban J connectivity index is 1.46. The Kier molecular flexibility index (Phi) is 6.31. The minimum Gasteiger partial charge on any atom is -0.489 e. The molecule has 0 atom stereocenters. The molecule has 0 bridgehead atoms. The maximum atomic E-state index is 11.1. The topological polar surface area (TPSA) is 49.8 Å². The molecule has 1 saturated carbocycles. The third kappa shape index (κ3) is 4.87. The fourth-order valence-corrected chi connectivity index (χ4v) is 4.89. The van der Waals surface area contributed by atoms with E-state index in [9.17, 15) is 9.90 Å². The van der Waals surface area contributed by atoms with Crippen LogP contribution in [0.15, 0.2) is 30.3 Å². The average molecular weight is 416 g/mol. The van der Waals surface area contributed by atoms with E-state index in [0.29, 0.717) is 5.02 Å². The van der Waals surface area contributed by atoms with Gasteiger partial charge in [-0.05, 0) is 80.6 Å². The SMILES string of the molecule is CC1CCC(Oc2ccc3ccc(CN4CCC(C(=O)O)CC4)cc3c2Cl)CC1. The molecule has 29 heavy (non-hydrogen) atoms. The van der Waals surface area contributed by atoms with Gasteiger partial charge >= 0.3 is 5.97 Å². The molecule has 2 aliphatic rings. The summed E-state index contributed by atoms with van der Waals surface area (Å²) < 4.78 is 6.27. The molecule has 1 aliphatic carbocycles. The first-order chi connectivity index (χ1) is 14.0. The number of fused-ring (bicyclic) bond motifs is 1. The van der Waals surface area contributed by atoms with Crippen molar-refractivity contribution in [3.8, 4) is 5.75 Å². The zero-order chi connectivity index (χ0) is 20.4. The number of hydrogen-bond donors (Lipinski definition) is 1. The highest BCUT2D eigenvalue weighted by Gasteiger charge is 2.24. The molecule has 2 aromatic carbocycles. The summed E-state index contributed by atoms with van der Waals surface area (Å²) in [6.45, 7) is 4.78. The Morgan fingerprint density at radius 3 is 2.48 bits per heavy atom. The van der Waals surface area contributed by atoms with Crippen LogP contribution in [0.5, 0.6) is 5.75 Å². The second-order valence-corrected chi connectivity index (χ2v) is 9.20. The van der Waals surface area contributed by atoms with Gasteiger partial charge in [0.1, 0.15) is 5.75 Å². The zero-order valence-corrected chi connectivity index (χ0v) is 17.8. The number of likely N-dealkylation sites (tertiary alicyclic amines) is 1. The molecule has 1 saturated heterocycles. The molecule has 2 fully saturated rings. The lowest BCUT2D eigenvalue weighted by Crippen LogP contribution is -2.35. The van der Waals surface area contributed by atoms with Gasteiger partial charge in [0.2, 0.25) is 0 Å². The molecular weight excluding hydrogens is 386 g/mol. The number of rotatable bonds is 5. The number of carboxylic acids is 1. The number of benzene rings is 2. The summed E-state index contributed by atoms with van der Waals surface area (Å²) in [7, 11) is 0. The first-order valence-corrected chi connectivity index (χ1v) is 11.2. The lowest BCUT2D eigenvalue weighted by atomic mass is 9.89. The highest BCUT2D eigenvalue weighted by Crippen LogP contribution is 2.36. The predicted molar refractivity (Wildman–Crippen MR) is 117 cm³/mol. The number of halogens is 1. The first-order valence-electron chi connectivity index (χ1n) is 10.8. The van der Waals surface area contributed by atoms with E-state index in [1.165, 1.54) is 18.4 Å². The lowest BCUT2D eigenvalue weighted by molar-refractivity contribution is -0.143. The van der Waals surface area contributed by atoms with Crippen LogP contribution in [-0.4, -0.2) is 35.2 Å². The molecule has 0 spiro atoms. The van der Waals surface area contributed by atoms with Gasteiger partial charge in [0.15, 0.2) is 0 Å². The van der Waals surface area contributed by atoms with Crippen molar-refractivity contribution in [1.29, 1.82) is 0 Å². The lowest BCUT2D eigenvalue weighted by Gasteiger charge is -2.30. The van der Waals surface area contributed by atoms with E-state index in [1.807, 2.05) is 6.07 Å². The normalized spacial score (nSPS) is 23.9. The van der Waals surface area contributed by atoms with Crippen LogP contribution in [-0.2, 0) is 11.3 Å². The van der Waals surface area contributed by atoms with Crippen LogP contribution in [0, 0.1) is 11.8 Å². The number of aliphatic carboxylic acids is 1. The number of nitrogens with zero attached hydrogens (tertiary/aromatic N) is 1. The Hall–Kier alpha value is -1.78. The van der Waals surface area contributed by atoms with E-state index in [2.05, 4.69) is 36.1 Å². The van der Waals surface area contributed by atoms with Crippen LogP contribution < -0.4 is 4.74 Å². The van der Waals surface area contributed by atoms with Crippen LogP contribution >= 0.6 is 11.6 Å². The summed E-state index contributed by atoms with van der Waals surface area (Å²) in [5.74, 6) is 0.727. The van der Waals surface area contributed by atoms with Gasteiger partial charge in [0.25, 0.3) is 0 Å². The Bertz CT molecular complexity index is 868. The van der Waals surface area contributed by atoms with Crippen molar-refractivity contribution >= 4 is 28.3 Å². The summed E-state index contributed by atoms with van der Waals surface area (Å²) in [6, 6.07) is 10.5. The van der Waals surface area contributed by atoms with Gasteiger partial charge in [-0.3, -0.25) is 9.69 Å². The van der Waals surface area contributed by atoms with Crippen molar-refractivity contribution in [3.05, 3.63) is 40.9 Å². The van der Waals surface area contributed by atoms with Crippen LogP contribution in [0.2, 0.25) is 5.02 Å². The second kappa shape index (κ2) is 8.93. The van der Waals surface area contributed by atoms with Gasteiger partial charge in [0, 0.05) is 11.9 Å². The summed E-state index contributed by atoms with van der Waals surface area (Å²) in [6.07, 6.45) is 6.35. The Labute approximate surface area is 177 Å². The van der Waals surface area contributed by atoms with Crippen LogP contribution in [0.3, 0.4) is 0 Å². The van der Waals surface area contributed by atoms with Gasteiger partial charge in [-0.25, -0.2) is 0 Å². The predicted octanol–water partition coefficient (Wildman–Crippen LogP) is 5.75. The third-order valence-electron chi connectivity index (χ3n) is 6.58. The molecule has 2 aromatic rings. The van der Waals surface area contributed by atoms with E-state index < -0.39 is 5.97 Å². The zero-order valence-electron chi connectivity index (χ0n) is 17.1. The van der Waals surface area contributed by atoms with E-state index >= 15 is 0 Å².